The molecule has 3 aromatic rings. The Morgan fingerprint density at radius 1 is 0.885 bits per heavy atom. The zero-order valence-electron chi connectivity index (χ0n) is 14.5. The number of hydrogen-bond donors (Lipinski definition) is 2. The number of aliphatic hydroxyl groups excluding tert-OH is 1. The lowest BCUT2D eigenvalue weighted by atomic mass is 9.96. The Balaban J connectivity index is 1.96. The maximum absolute atomic E-state index is 10.9. The fourth-order valence-electron chi connectivity index (χ4n) is 2.76. The van der Waals surface area contributed by atoms with Crippen LogP contribution in [0.3, 0.4) is 0 Å². The minimum atomic E-state index is -0.803. The Hall–Kier alpha value is -3.11. The zero-order chi connectivity index (χ0) is 18.4. The summed E-state index contributed by atoms with van der Waals surface area (Å²) in [5, 5.41) is 20.9. The number of phenols is 1. The molecule has 26 heavy (non-hydrogen) atoms. The third kappa shape index (κ3) is 4.10. The highest BCUT2D eigenvalue weighted by Gasteiger charge is 2.21. The quantitative estimate of drug-likeness (QED) is 0.654. The van der Waals surface area contributed by atoms with Crippen LogP contribution in [0.1, 0.15) is 28.8 Å². The van der Waals surface area contributed by atoms with Crippen molar-refractivity contribution in [3.05, 3.63) is 95.6 Å². The Morgan fingerprint density at radius 3 is 2.12 bits per heavy atom. The standard InChI is InChI=1S/C22H21NO3/c1-26-19-12-13-20(24)18(14-19)15-23-21(16-8-4-2-5-9-16)22(25)17-10-6-3-7-11-17/h2-15,21-22,24-25H,1H3/t21-,22+/m1/s1. The number of aromatic hydroxyl groups is 1. The fraction of sp³-hybridized carbons (Fsp3) is 0.136. The maximum atomic E-state index is 10.9. The molecule has 0 aromatic heterocycles. The lowest BCUT2D eigenvalue weighted by molar-refractivity contribution is 0.148. The summed E-state index contributed by atoms with van der Waals surface area (Å²) >= 11 is 0. The van der Waals surface area contributed by atoms with Gasteiger partial charge in [0.05, 0.1) is 7.11 Å². The molecule has 4 nitrogen and oxygen atoms in total. The van der Waals surface area contributed by atoms with Gasteiger partial charge in [0.1, 0.15) is 23.6 Å². The highest BCUT2D eigenvalue weighted by Crippen LogP contribution is 2.32. The molecule has 0 amide bonds. The van der Waals surface area contributed by atoms with Crippen LogP contribution in [0.5, 0.6) is 11.5 Å². The van der Waals surface area contributed by atoms with E-state index in [1.807, 2.05) is 60.7 Å². The Morgan fingerprint density at radius 2 is 1.50 bits per heavy atom. The molecule has 132 valence electrons. The number of aliphatic hydroxyl groups is 1. The minimum Gasteiger partial charge on any atom is -0.507 e. The second-order valence-corrected chi connectivity index (χ2v) is 5.91. The SMILES string of the molecule is COc1ccc(O)c(C=N[C@H](c2ccccc2)[C@@H](O)c2ccccc2)c1. The van der Waals surface area contributed by atoms with E-state index in [4.69, 9.17) is 4.74 Å². The highest BCUT2D eigenvalue weighted by molar-refractivity contribution is 5.84. The molecule has 0 unspecified atom stereocenters. The molecular weight excluding hydrogens is 326 g/mol. The monoisotopic (exact) mass is 347 g/mol. The summed E-state index contributed by atoms with van der Waals surface area (Å²) in [6, 6.07) is 23.5. The van der Waals surface area contributed by atoms with E-state index in [0.717, 1.165) is 11.1 Å². The molecule has 3 aromatic carbocycles. The van der Waals surface area contributed by atoms with Gasteiger partial charge in [0, 0.05) is 11.8 Å². The largest absolute Gasteiger partial charge is 0.507 e. The molecular formula is C22H21NO3. The van der Waals surface area contributed by atoms with E-state index in [9.17, 15) is 10.2 Å². The Labute approximate surface area is 153 Å². The number of nitrogens with zero attached hydrogens (tertiary/aromatic N) is 1. The van der Waals surface area contributed by atoms with Crippen molar-refractivity contribution in [3.63, 3.8) is 0 Å². The summed E-state index contributed by atoms with van der Waals surface area (Å²) in [5.41, 5.74) is 2.21. The van der Waals surface area contributed by atoms with Gasteiger partial charge in [0.2, 0.25) is 0 Å². The first-order valence-electron chi connectivity index (χ1n) is 8.37. The molecule has 4 heteroatoms. The number of rotatable bonds is 6. The van der Waals surface area contributed by atoms with Crippen molar-refractivity contribution in [1.82, 2.24) is 0 Å². The first-order valence-corrected chi connectivity index (χ1v) is 8.37. The predicted molar refractivity (Wildman–Crippen MR) is 103 cm³/mol. The van der Waals surface area contributed by atoms with E-state index in [1.54, 1.807) is 31.5 Å². The van der Waals surface area contributed by atoms with E-state index < -0.39 is 12.1 Å². The van der Waals surface area contributed by atoms with Crippen molar-refractivity contribution in [2.24, 2.45) is 4.99 Å². The number of phenolic OH excluding ortho intramolecular Hbond substituents is 1. The number of aliphatic imine (C=N–C) groups is 1. The fourth-order valence-corrected chi connectivity index (χ4v) is 2.76. The number of methoxy groups -OCH3 is 1. The molecule has 0 aliphatic carbocycles. The van der Waals surface area contributed by atoms with Crippen LogP contribution in [0.15, 0.2) is 83.9 Å². The van der Waals surface area contributed by atoms with Gasteiger partial charge in [-0.3, -0.25) is 4.99 Å². The second kappa shape index (κ2) is 8.32. The van der Waals surface area contributed by atoms with Crippen molar-refractivity contribution >= 4 is 6.21 Å². The van der Waals surface area contributed by atoms with Crippen LogP contribution >= 0.6 is 0 Å². The topological polar surface area (TPSA) is 62.0 Å². The zero-order valence-corrected chi connectivity index (χ0v) is 14.5. The van der Waals surface area contributed by atoms with Crippen LogP contribution in [0.25, 0.3) is 0 Å². The van der Waals surface area contributed by atoms with Crippen LogP contribution in [0.2, 0.25) is 0 Å². The molecule has 0 saturated carbocycles. The average Bonchev–Trinajstić information content (AvgIpc) is 2.70. The third-order valence-corrected chi connectivity index (χ3v) is 4.19. The summed E-state index contributed by atoms with van der Waals surface area (Å²) in [4.78, 5) is 4.59. The Kier molecular flexibility index (Phi) is 5.66. The molecule has 0 aliphatic rings. The van der Waals surface area contributed by atoms with Crippen LogP contribution in [-0.2, 0) is 0 Å². The third-order valence-electron chi connectivity index (χ3n) is 4.19. The lowest BCUT2D eigenvalue weighted by Gasteiger charge is -2.20. The number of ether oxygens (including phenoxy) is 1. The molecule has 0 heterocycles. The summed E-state index contributed by atoms with van der Waals surface area (Å²) in [7, 11) is 1.57. The van der Waals surface area contributed by atoms with Crippen LogP contribution < -0.4 is 4.74 Å². The first kappa shape index (κ1) is 17.7. The van der Waals surface area contributed by atoms with Gasteiger partial charge < -0.3 is 14.9 Å². The lowest BCUT2D eigenvalue weighted by Crippen LogP contribution is -2.09. The molecule has 2 atom stereocenters. The van der Waals surface area contributed by atoms with Gasteiger partial charge >= 0.3 is 0 Å². The second-order valence-electron chi connectivity index (χ2n) is 5.91. The van der Waals surface area contributed by atoms with Gasteiger partial charge in [0.15, 0.2) is 0 Å². The first-order chi connectivity index (χ1) is 12.7. The average molecular weight is 347 g/mol. The molecule has 0 fully saturated rings. The van der Waals surface area contributed by atoms with Crippen LogP contribution in [-0.4, -0.2) is 23.5 Å². The molecule has 0 radical (unpaired) electrons. The maximum Gasteiger partial charge on any atom is 0.124 e. The van der Waals surface area contributed by atoms with E-state index in [0.29, 0.717) is 11.3 Å². The molecule has 0 aliphatic heterocycles. The molecule has 0 saturated heterocycles. The molecule has 3 rings (SSSR count). The van der Waals surface area contributed by atoms with E-state index >= 15 is 0 Å². The normalized spacial score (nSPS) is 13.5. The van der Waals surface area contributed by atoms with Crippen LogP contribution in [0.4, 0.5) is 0 Å². The predicted octanol–water partition coefficient (Wildman–Crippen LogP) is 4.29. The smallest absolute Gasteiger partial charge is 0.124 e. The minimum absolute atomic E-state index is 0.107. The van der Waals surface area contributed by atoms with Gasteiger partial charge in [-0.1, -0.05) is 60.7 Å². The van der Waals surface area contributed by atoms with Gasteiger partial charge in [-0.25, -0.2) is 0 Å². The summed E-state index contributed by atoms with van der Waals surface area (Å²) in [6.45, 7) is 0. The van der Waals surface area contributed by atoms with Crippen molar-refractivity contribution in [2.45, 2.75) is 12.1 Å². The van der Waals surface area contributed by atoms with Crippen LogP contribution in [0, 0.1) is 0 Å². The highest BCUT2D eigenvalue weighted by atomic mass is 16.5. The summed E-state index contributed by atoms with van der Waals surface area (Å²) in [6.07, 6.45) is 0.768. The van der Waals surface area contributed by atoms with Crippen molar-refractivity contribution in [1.29, 1.82) is 0 Å². The number of benzene rings is 3. The van der Waals surface area contributed by atoms with E-state index in [1.165, 1.54) is 0 Å². The molecule has 2 N–H and O–H groups in total. The van der Waals surface area contributed by atoms with Gasteiger partial charge in [0.25, 0.3) is 0 Å². The summed E-state index contributed by atoms with van der Waals surface area (Å²) < 4.78 is 5.20. The van der Waals surface area contributed by atoms with E-state index in [2.05, 4.69) is 4.99 Å². The van der Waals surface area contributed by atoms with Crippen molar-refractivity contribution in [3.8, 4) is 11.5 Å². The van der Waals surface area contributed by atoms with Gasteiger partial charge in [-0.05, 0) is 29.3 Å². The molecule has 0 bridgehead atoms. The van der Waals surface area contributed by atoms with Gasteiger partial charge in [-0.15, -0.1) is 0 Å². The Bertz CT molecular complexity index is 863. The van der Waals surface area contributed by atoms with Crippen molar-refractivity contribution < 1.29 is 14.9 Å². The summed E-state index contributed by atoms with van der Waals surface area (Å²) in [5.74, 6) is 0.736. The molecule has 0 spiro atoms. The van der Waals surface area contributed by atoms with Crippen molar-refractivity contribution in [2.75, 3.05) is 7.11 Å². The number of hydrogen-bond acceptors (Lipinski definition) is 4. The van der Waals surface area contributed by atoms with E-state index in [-0.39, 0.29) is 5.75 Å². The van der Waals surface area contributed by atoms with Gasteiger partial charge in [-0.2, -0.15) is 0 Å².